The molecule has 0 amide bonds. The highest BCUT2D eigenvalue weighted by Gasteiger charge is 2.13. The summed E-state index contributed by atoms with van der Waals surface area (Å²) >= 11 is 0. The molecule has 2 nitrogen and oxygen atoms in total. The molecule has 1 aliphatic heterocycles. The van der Waals surface area contributed by atoms with Crippen LogP contribution in [0.2, 0.25) is 0 Å². The molecule has 0 N–H and O–H groups in total. The third-order valence-corrected chi connectivity index (χ3v) is 1.76. The van der Waals surface area contributed by atoms with Crippen LogP contribution in [0.25, 0.3) is 0 Å². The Morgan fingerprint density at radius 2 is 1.78 bits per heavy atom. The molecule has 1 rings (SSSR count). The summed E-state index contributed by atoms with van der Waals surface area (Å²) in [4.78, 5) is 2.25. The van der Waals surface area contributed by atoms with E-state index in [1.165, 1.54) is 0 Å². The maximum atomic E-state index is 12.3. The standard InChI is InChI=1S/C6H13FN2/c1-2-8-3-5-9(7)6-4-8/h2-6H2,1H3. The van der Waals surface area contributed by atoms with Crippen LogP contribution in [0.4, 0.5) is 4.48 Å². The third kappa shape index (κ3) is 1.91. The average molecular weight is 132 g/mol. The van der Waals surface area contributed by atoms with Gasteiger partial charge in [0, 0.05) is 26.2 Å². The molecule has 0 aromatic heterocycles. The van der Waals surface area contributed by atoms with Crippen molar-refractivity contribution >= 4 is 0 Å². The van der Waals surface area contributed by atoms with Crippen LogP contribution in [0.1, 0.15) is 6.92 Å². The molecular weight excluding hydrogens is 119 g/mol. The number of hydrogen-bond acceptors (Lipinski definition) is 2. The van der Waals surface area contributed by atoms with Gasteiger partial charge in [0.1, 0.15) is 0 Å². The van der Waals surface area contributed by atoms with E-state index >= 15 is 0 Å². The van der Waals surface area contributed by atoms with Crippen LogP contribution in [-0.4, -0.2) is 42.7 Å². The number of nitrogens with zero attached hydrogens (tertiary/aromatic N) is 2. The van der Waals surface area contributed by atoms with Gasteiger partial charge in [-0.05, 0) is 6.54 Å². The maximum Gasteiger partial charge on any atom is 0.0418 e. The van der Waals surface area contributed by atoms with Gasteiger partial charge in [-0.25, -0.2) is 0 Å². The SMILES string of the molecule is CCN1CCN(F)CC1. The molecule has 0 atom stereocenters. The lowest BCUT2D eigenvalue weighted by Gasteiger charge is -2.28. The summed E-state index contributed by atoms with van der Waals surface area (Å²) in [5.41, 5.74) is 0. The maximum absolute atomic E-state index is 12.3. The first-order valence-corrected chi connectivity index (χ1v) is 3.46. The molecule has 9 heavy (non-hydrogen) atoms. The number of hydrogen-bond donors (Lipinski definition) is 0. The zero-order valence-corrected chi connectivity index (χ0v) is 5.81. The van der Waals surface area contributed by atoms with Crippen molar-refractivity contribution in [2.75, 3.05) is 32.7 Å². The second-order valence-corrected chi connectivity index (χ2v) is 2.34. The van der Waals surface area contributed by atoms with Gasteiger partial charge < -0.3 is 4.90 Å². The van der Waals surface area contributed by atoms with Gasteiger partial charge in [-0.3, -0.25) is 0 Å². The fourth-order valence-electron chi connectivity index (χ4n) is 1.04. The molecule has 54 valence electrons. The Labute approximate surface area is 55.2 Å². The van der Waals surface area contributed by atoms with E-state index in [4.69, 9.17) is 0 Å². The van der Waals surface area contributed by atoms with Gasteiger partial charge in [0.15, 0.2) is 0 Å². The zero-order chi connectivity index (χ0) is 6.69. The van der Waals surface area contributed by atoms with Gasteiger partial charge in [0.2, 0.25) is 0 Å². The van der Waals surface area contributed by atoms with Crippen molar-refractivity contribution in [3.63, 3.8) is 0 Å². The molecule has 0 aromatic rings. The van der Waals surface area contributed by atoms with Crippen molar-refractivity contribution in [1.29, 1.82) is 0 Å². The second-order valence-electron chi connectivity index (χ2n) is 2.34. The highest BCUT2D eigenvalue weighted by atomic mass is 19.2. The van der Waals surface area contributed by atoms with E-state index in [-0.39, 0.29) is 0 Å². The van der Waals surface area contributed by atoms with E-state index in [1.54, 1.807) is 0 Å². The Morgan fingerprint density at radius 3 is 2.22 bits per heavy atom. The summed E-state index contributed by atoms with van der Waals surface area (Å²) in [7, 11) is 0. The van der Waals surface area contributed by atoms with Crippen molar-refractivity contribution in [3.8, 4) is 0 Å². The zero-order valence-electron chi connectivity index (χ0n) is 5.81. The summed E-state index contributed by atoms with van der Waals surface area (Å²) in [5.74, 6) is 0. The lowest BCUT2D eigenvalue weighted by Crippen LogP contribution is -2.42. The topological polar surface area (TPSA) is 6.48 Å². The molecule has 1 fully saturated rings. The summed E-state index contributed by atoms with van der Waals surface area (Å²) < 4.78 is 12.3. The lowest BCUT2D eigenvalue weighted by molar-refractivity contribution is -0.0202. The van der Waals surface area contributed by atoms with Crippen LogP contribution in [0.15, 0.2) is 0 Å². The normalized spacial score (nSPS) is 24.7. The van der Waals surface area contributed by atoms with Gasteiger partial charge in [-0.15, -0.1) is 9.60 Å². The van der Waals surface area contributed by atoms with Gasteiger partial charge >= 0.3 is 0 Å². The summed E-state index contributed by atoms with van der Waals surface area (Å²) in [6, 6.07) is 0. The monoisotopic (exact) mass is 132 g/mol. The Kier molecular flexibility index (Phi) is 2.42. The fourth-order valence-corrected chi connectivity index (χ4v) is 1.04. The van der Waals surface area contributed by atoms with Gasteiger partial charge in [-0.2, -0.15) is 0 Å². The van der Waals surface area contributed by atoms with Crippen molar-refractivity contribution in [1.82, 2.24) is 10.0 Å². The Balaban J connectivity index is 2.18. The van der Waals surface area contributed by atoms with Crippen LogP contribution in [0.3, 0.4) is 0 Å². The highest BCUT2D eigenvalue weighted by Crippen LogP contribution is 1.99. The van der Waals surface area contributed by atoms with Gasteiger partial charge in [0.25, 0.3) is 0 Å². The molecule has 0 spiro atoms. The molecule has 0 unspecified atom stereocenters. The van der Waals surface area contributed by atoms with Crippen LogP contribution < -0.4 is 0 Å². The first-order valence-electron chi connectivity index (χ1n) is 3.46. The first kappa shape index (κ1) is 6.96. The van der Waals surface area contributed by atoms with Crippen LogP contribution in [0, 0.1) is 0 Å². The molecule has 0 saturated carbocycles. The number of rotatable bonds is 1. The Morgan fingerprint density at radius 1 is 1.22 bits per heavy atom. The molecule has 0 bridgehead atoms. The van der Waals surface area contributed by atoms with Crippen LogP contribution >= 0.6 is 0 Å². The summed E-state index contributed by atoms with van der Waals surface area (Å²) in [6.45, 7) is 6.07. The van der Waals surface area contributed by atoms with Crippen molar-refractivity contribution in [3.05, 3.63) is 0 Å². The third-order valence-electron chi connectivity index (χ3n) is 1.76. The molecule has 0 radical (unpaired) electrons. The van der Waals surface area contributed by atoms with E-state index in [0.717, 1.165) is 24.8 Å². The van der Waals surface area contributed by atoms with E-state index < -0.39 is 0 Å². The van der Waals surface area contributed by atoms with Gasteiger partial charge in [-0.1, -0.05) is 6.92 Å². The minimum Gasteiger partial charge on any atom is -0.301 e. The smallest absolute Gasteiger partial charge is 0.0418 e. The average Bonchev–Trinajstić information content (AvgIpc) is 1.90. The molecule has 1 heterocycles. The second kappa shape index (κ2) is 3.13. The summed E-state index contributed by atoms with van der Waals surface area (Å²) in [5, 5.41) is 0.881. The fraction of sp³-hybridized carbons (Fsp3) is 1.00. The molecule has 0 aromatic carbocycles. The van der Waals surface area contributed by atoms with E-state index in [2.05, 4.69) is 11.8 Å². The first-order chi connectivity index (χ1) is 4.33. The van der Waals surface area contributed by atoms with Crippen molar-refractivity contribution in [2.45, 2.75) is 6.92 Å². The van der Waals surface area contributed by atoms with E-state index in [9.17, 15) is 4.48 Å². The predicted molar refractivity (Wildman–Crippen MR) is 34.8 cm³/mol. The minimum absolute atomic E-state index is 0.577. The van der Waals surface area contributed by atoms with Crippen molar-refractivity contribution < 1.29 is 4.48 Å². The van der Waals surface area contributed by atoms with Crippen LogP contribution in [-0.2, 0) is 0 Å². The molecule has 1 aliphatic rings. The number of likely N-dealkylation sites (N-methyl/N-ethyl adjacent to an activating group) is 1. The van der Waals surface area contributed by atoms with Crippen molar-refractivity contribution in [2.24, 2.45) is 0 Å². The van der Waals surface area contributed by atoms with Crippen LogP contribution in [0.5, 0.6) is 0 Å². The lowest BCUT2D eigenvalue weighted by atomic mass is 10.4. The summed E-state index contributed by atoms with van der Waals surface area (Å²) in [6.07, 6.45) is 0. The van der Waals surface area contributed by atoms with E-state index in [0.29, 0.717) is 13.1 Å². The van der Waals surface area contributed by atoms with Gasteiger partial charge in [0.05, 0.1) is 0 Å². The quantitative estimate of drug-likeness (QED) is 0.480. The molecular formula is C6H13FN2. The largest absolute Gasteiger partial charge is 0.301 e. The Hall–Kier alpha value is -0.150. The molecule has 3 heteroatoms. The molecule has 0 aliphatic carbocycles. The Bertz CT molecular complexity index is 79.1. The molecule has 1 saturated heterocycles. The number of halogens is 1. The number of piperazine rings is 1. The predicted octanol–water partition coefficient (Wildman–Crippen LogP) is 0.508. The minimum atomic E-state index is 0.577. The highest BCUT2D eigenvalue weighted by molar-refractivity contribution is 4.64. The van der Waals surface area contributed by atoms with E-state index in [1.807, 2.05) is 0 Å².